The van der Waals surface area contributed by atoms with Gasteiger partial charge in [-0.3, -0.25) is 4.79 Å². The Bertz CT molecular complexity index is 403. The molecule has 0 spiro atoms. The fourth-order valence-corrected chi connectivity index (χ4v) is 2.54. The number of fused-ring (bicyclic) bond motifs is 1. The zero-order valence-corrected chi connectivity index (χ0v) is 11.1. The summed E-state index contributed by atoms with van der Waals surface area (Å²) >= 11 is 0. The van der Waals surface area contributed by atoms with Gasteiger partial charge in [0.25, 0.3) is 0 Å². The van der Waals surface area contributed by atoms with Crippen LogP contribution in [-0.2, 0) is 17.6 Å². The number of carbonyl (C=O) groups excluding carboxylic acids is 1. The Morgan fingerprint density at radius 3 is 2.44 bits per heavy atom. The van der Waals surface area contributed by atoms with E-state index in [1.165, 1.54) is 11.1 Å². The first-order valence-electron chi connectivity index (χ1n) is 6.57. The summed E-state index contributed by atoms with van der Waals surface area (Å²) in [5.41, 5.74) is 2.61. The Morgan fingerprint density at radius 1 is 1.39 bits per heavy atom. The molecule has 2 rings (SSSR count). The highest BCUT2D eigenvalue weighted by molar-refractivity contribution is 5.80. The van der Waals surface area contributed by atoms with Crippen molar-refractivity contribution in [1.29, 1.82) is 0 Å². The molecule has 0 heterocycles. The normalized spacial score (nSPS) is 16.4. The van der Waals surface area contributed by atoms with Gasteiger partial charge in [0.05, 0.1) is 6.10 Å². The number of hydrogen-bond acceptors (Lipinski definition) is 2. The molecule has 0 saturated carbocycles. The lowest BCUT2D eigenvalue weighted by molar-refractivity contribution is -0.134. The van der Waals surface area contributed by atoms with Crippen molar-refractivity contribution in [2.24, 2.45) is 5.92 Å². The van der Waals surface area contributed by atoms with E-state index in [4.69, 9.17) is 0 Å². The van der Waals surface area contributed by atoms with E-state index in [9.17, 15) is 9.90 Å². The van der Waals surface area contributed by atoms with Gasteiger partial charge in [-0.2, -0.15) is 0 Å². The van der Waals surface area contributed by atoms with Crippen LogP contribution < -0.4 is 0 Å². The third-order valence-corrected chi connectivity index (χ3v) is 3.66. The van der Waals surface area contributed by atoms with E-state index in [0.29, 0.717) is 13.0 Å². The maximum absolute atomic E-state index is 12.3. The Labute approximate surface area is 108 Å². The minimum absolute atomic E-state index is 0.0846. The van der Waals surface area contributed by atoms with Gasteiger partial charge in [-0.15, -0.1) is 0 Å². The van der Waals surface area contributed by atoms with Gasteiger partial charge in [-0.1, -0.05) is 24.3 Å². The van der Waals surface area contributed by atoms with Crippen molar-refractivity contribution < 1.29 is 9.90 Å². The largest absolute Gasteiger partial charge is 0.393 e. The van der Waals surface area contributed by atoms with Crippen LogP contribution in [0.4, 0.5) is 0 Å². The summed E-state index contributed by atoms with van der Waals surface area (Å²) in [6.07, 6.45) is 2.00. The van der Waals surface area contributed by atoms with Crippen LogP contribution in [0.25, 0.3) is 0 Å². The molecule has 1 aliphatic carbocycles. The van der Waals surface area contributed by atoms with E-state index in [2.05, 4.69) is 12.1 Å². The Balaban J connectivity index is 1.92. The SMILES string of the molecule is CC(O)CCN(C)C(=O)C1Cc2ccccc2C1. The van der Waals surface area contributed by atoms with Gasteiger partial charge in [-0.05, 0) is 37.3 Å². The van der Waals surface area contributed by atoms with Crippen LogP contribution in [0, 0.1) is 5.92 Å². The lowest BCUT2D eigenvalue weighted by atomic mass is 10.0. The molecule has 1 N–H and O–H groups in total. The van der Waals surface area contributed by atoms with Gasteiger partial charge >= 0.3 is 0 Å². The third kappa shape index (κ3) is 2.91. The van der Waals surface area contributed by atoms with Gasteiger partial charge in [0.2, 0.25) is 5.91 Å². The lowest BCUT2D eigenvalue weighted by Gasteiger charge is -2.21. The van der Waals surface area contributed by atoms with Gasteiger partial charge in [0.1, 0.15) is 0 Å². The van der Waals surface area contributed by atoms with E-state index in [1.54, 1.807) is 11.8 Å². The van der Waals surface area contributed by atoms with Crippen LogP contribution in [0.5, 0.6) is 0 Å². The summed E-state index contributed by atoms with van der Waals surface area (Å²) < 4.78 is 0. The molecule has 0 bridgehead atoms. The molecule has 0 radical (unpaired) electrons. The number of rotatable bonds is 4. The average Bonchev–Trinajstić information content (AvgIpc) is 2.78. The van der Waals surface area contributed by atoms with Crippen LogP contribution in [0.3, 0.4) is 0 Å². The summed E-state index contributed by atoms with van der Waals surface area (Å²) in [7, 11) is 1.83. The summed E-state index contributed by atoms with van der Waals surface area (Å²) in [4.78, 5) is 14.0. The quantitative estimate of drug-likeness (QED) is 0.878. The molecule has 1 aromatic rings. The number of nitrogens with zero attached hydrogens (tertiary/aromatic N) is 1. The van der Waals surface area contributed by atoms with Gasteiger partial charge in [0, 0.05) is 19.5 Å². The number of aliphatic hydroxyl groups is 1. The van der Waals surface area contributed by atoms with Crippen molar-refractivity contribution in [2.75, 3.05) is 13.6 Å². The molecule has 3 nitrogen and oxygen atoms in total. The van der Waals surface area contributed by atoms with Gasteiger partial charge in [-0.25, -0.2) is 0 Å². The van der Waals surface area contributed by atoms with Crippen LogP contribution in [-0.4, -0.2) is 35.6 Å². The number of carbonyl (C=O) groups is 1. The van der Waals surface area contributed by atoms with Crippen molar-refractivity contribution in [3.63, 3.8) is 0 Å². The van der Waals surface area contributed by atoms with E-state index in [1.807, 2.05) is 19.2 Å². The third-order valence-electron chi connectivity index (χ3n) is 3.66. The summed E-state index contributed by atoms with van der Waals surface area (Å²) in [6, 6.07) is 8.28. The van der Waals surface area contributed by atoms with Crippen molar-refractivity contribution in [2.45, 2.75) is 32.3 Å². The first-order chi connectivity index (χ1) is 8.58. The topological polar surface area (TPSA) is 40.5 Å². The average molecular weight is 247 g/mol. The molecule has 0 fully saturated rings. The zero-order valence-electron chi connectivity index (χ0n) is 11.1. The van der Waals surface area contributed by atoms with Crippen molar-refractivity contribution >= 4 is 5.91 Å². The van der Waals surface area contributed by atoms with Crippen LogP contribution in [0.2, 0.25) is 0 Å². The highest BCUT2D eigenvalue weighted by Gasteiger charge is 2.28. The van der Waals surface area contributed by atoms with Gasteiger partial charge in [0.15, 0.2) is 0 Å². The molecule has 3 heteroatoms. The minimum Gasteiger partial charge on any atom is -0.393 e. The highest BCUT2D eigenvalue weighted by atomic mass is 16.3. The predicted molar refractivity (Wildman–Crippen MR) is 71.3 cm³/mol. The Morgan fingerprint density at radius 2 is 1.94 bits per heavy atom. The standard InChI is InChI=1S/C15H21NO2/c1-11(17)7-8-16(2)15(18)14-9-12-5-3-4-6-13(12)10-14/h3-6,11,14,17H,7-10H2,1-2H3. The van der Waals surface area contributed by atoms with Crippen molar-refractivity contribution in [3.05, 3.63) is 35.4 Å². The maximum Gasteiger partial charge on any atom is 0.226 e. The first kappa shape index (κ1) is 13.1. The second kappa shape index (κ2) is 5.53. The fourth-order valence-electron chi connectivity index (χ4n) is 2.54. The molecular formula is C15H21NO2. The van der Waals surface area contributed by atoms with E-state index in [0.717, 1.165) is 12.8 Å². The second-order valence-corrected chi connectivity index (χ2v) is 5.27. The van der Waals surface area contributed by atoms with Crippen LogP contribution >= 0.6 is 0 Å². The molecule has 1 aromatic carbocycles. The van der Waals surface area contributed by atoms with Crippen LogP contribution in [0.15, 0.2) is 24.3 Å². The van der Waals surface area contributed by atoms with E-state index >= 15 is 0 Å². The van der Waals surface area contributed by atoms with Crippen LogP contribution in [0.1, 0.15) is 24.5 Å². The zero-order chi connectivity index (χ0) is 13.1. The molecule has 1 amide bonds. The van der Waals surface area contributed by atoms with E-state index in [-0.39, 0.29) is 17.9 Å². The molecule has 18 heavy (non-hydrogen) atoms. The molecule has 1 unspecified atom stereocenters. The molecule has 0 aliphatic heterocycles. The highest BCUT2D eigenvalue weighted by Crippen LogP contribution is 2.27. The van der Waals surface area contributed by atoms with Crippen molar-refractivity contribution in [3.8, 4) is 0 Å². The molecule has 0 aromatic heterocycles. The molecule has 98 valence electrons. The van der Waals surface area contributed by atoms with Crippen molar-refractivity contribution in [1.82, 2.24) is 4.90 Å². The first-order valence-corrected chi connectivity index (χ1v) is 6.57. The lowest BCUT2D eigenvalue weighted by Crippen LogP contribution is -2.35. The number of aliphatic hydroxyl groups excluding tert-OH is 1. The summed E-state index contributed by atoms with van der Waals surface area (Å²) in [5, 5.41) is 9.25. The second-order valence-electron chi connectivity index (χ2n) is 5.27. The Hall–Kier alpha value is -1.35. The molecule has 1 aliphatic rings. The number of hydrogen-bond donors (Lipinski definition) is 1. The van der Waals surface area contributed by atoms with Gasteiger partial charge < -0.3 is 10.0 Å². The van der Waals surface area contributed by atoms with E-state index < -0.39 is 0 Å². The number of amides is 1. The monoisotopic (exact) mass is 247 g/mol. The maximum atomic E-state index is 12.3. The molecule has 0 saturated heterocycles. The molecular weight excluding hydrogens is 226 g/mol. The predicted octanol–water partition coefficient (Wildman–Crippen LogP) is 1.63. The Kier molecular flexibility index (Phi) is 4.02. The fraction of sp³-hybridized carbons (Fsp3) is 0.533. The number of benzene rings is 1. The minimum atomic E-state index is -0.346. The summed E-state index contributed by atoms with van der Waals surface area (Å²) in [5.74, 6) is 0.285. The molecule has 1 atom stereocenters. The smallest absolute Gasteiger partial charge is 0.226 e. The summed E-state index contributed by atoms with van der Waals surface area (Å²) in [6.45, 7) is 2.38.